The Bertz CT molecular complexity index is 532. The second kappa shape index (κ2) is 5.13. The van der Waals surface area contributed by atoms with Gasteiger partial charge in [-0.15, -0.1) is 0 Å². The van der Waals surface area contributed by atoms with E-state index in [-0.39, 0.29) is 0 Å². The van der Waals surface area contributed by atoms with Crippen LogP contribution in [0.4, 0.5) is 5.82 Å². The fraction of sp³-hybridized carbons (Fsp3) is 0.615. The molecule has 20 heavy (non-hydrogen) atoms. The highest BCUT2D eigenvalue weighted by atomic mass is 32.2. The first-order valence-electron chi connectivity index (χ1n) is 6.52. The Morgan fingerprint density at radius 3 is 2.35 bits per heavy atom. The number of hydrogen-bond donors (Lipinski definition) is 1. The Morgan fingerprint density at radius 1 is 1.30 bits per heavy atom. The first kappa shape index (κ1) is 15.5. The summed E-state index contributed by atoms with van der Waals surface area (Å²) in [6.45, 7) is 7.98. The Labute approximate surface area is 122 Å². The number of anilines is 1. The molecule has 1 unspecified atom stereocenters. The van der Waals surface area contributed by atoms with Crippen molar-refractivity contribution in [3.05, 3.63) is 17.8 Å². The number of nitrogens with two attached hydrogens (primary N) is 1. The van der Waals surface area contributed by atoms with E-state index in [1.54, 1.807) is 18.5 Å². The average Bonchev–Trinajstić information content (AvgIpc) is 2.46. The molecule has 0 saturated carbocycles. The lowest BCUT2D eigenvalue weighted by Gasteiger charge is -2.32. The molecule has 0 radical (unpaired) electrons. The van der Waals surface area contributed by atoms with Gasteiger partial charge in [0.1, 0.15) is 5.82 Å². The van der Waals surface area contributed by atoms with Crippen LogP contribution in [0.3, 0.4) is 0 Å². The maximum Gasteiger partial charge on any atom is 0.496 e. The van der Waals surface area contributed by atoms with Crippen molar-refractivity contribution in [3.63, 3.8) is 0 Å². The molecule has 1 aliphatic heterocycles. The SMILES string of the molecule is CS(=O)Cc1cc(N)ncc1B1OC(C)(C)C(C)(C)O1. The van der Waals surface area contributed by atoms with Gasteiger partial charge in [0, 0.05) is 34.5 Å². The van der Waals surface area contributed by atoms with Gasteiger partial charge >= 0.3 is 7.12 Å². The molecule has 0 aliphatic carbocycles. The first-order chi connectivity index (χ1) is 9.12. The van der Waals surface area contributed by atoms with Crippen molar-refractivity contribution in [1.82, 2.24) is 4.98 Å². The van der Waals surface area contributed by atoms with Crippen LogP contribution in [0, 0.1) is 0 Å². The molecule has 2 heterocycles. The third-order valence-electron chi connectivity index (χ3n) is 3.91. The number of hydrogen-bond acceptors (Lipinski definition) is 5. The van der Waals surface area contributed by atoms with Gasteiger partial charge in [-0.05, 0) is 39.3 Å². The maximum atomic E-state index is 11.5. The van der Waals surface area contributed by atoms with Gasteiger partial charge in [-0.3, -0.25) is 4.21 Å². The van der Waals surface area contributed by atoms with E-state index in [1.807, 2.05) is 27.7 Å². The van der Waals surface area contributed by atoms with Crippen molar-refractivity contribution in [2.24, 2.45) is 0 Å². The van der Waals surface area contributed by atoms with Gasteiger partial charge in [-0.25, -0.2) is 4.98 Å². The molecule has 0 amide bonds. The largest absolute Gasteiger partial charge is 0.496 e. The van der Waals surface area contributed by atoms with Crippen molar-refractivity contribution < 1.29 is 13.5 Å². The fourth-order valence-corrected chi connectivity index (χ4v) is 2.74. The summed E-state index contributed by atoms with van der Waals surface area (Å²) >= 11 is 0. The molecule has 1 saturated heterocycles. The van der Waals surface area contributed by atoms with E-state index < -0.39 is 29.1 Å². The van der Waals surface area contributed by atoms with Gasteiger partial charge in [0.25, 0.3) is 0 Å². The zero-order valence-electron chi connectivity index (χ0n) is 12.6. The van der Waals surface area contributed by atoms with Gasteiger partial charge in [0.05, 0.1) is 11.2 Å². The topological polar surface area (TPSA) is 74.4 Å². The Kier molecular flexibility index (Phi) is 3.97. The van der Waals surface area contributed by atoms with E-state index in [0.29, 0.717) is 11.6 Å². The Hall–Kier alpha value is -0.915. The summed E-state index contributed by atoms with van der Waals surface area (Å²) in [5.41, 5.74) is 6.54. The second-order valence-corrected chi connectivity index (χ2v) is 7.55. The minimum absolute atomic E-state index is 0.408. The zero-order chi connectivity index (χ0) is 15.1. The lowest BCUT2D eigenvalue weighted by Crippen LogP contribution is -2.41. The van der Waals surface area contributed by atoms with E-state index >= 15 is 0 Å². The standard InChI is InChI=1S/C13H21BN2O3S/c1-12(2)13(3,4)19-14(18-12)10-7-16-11(15)6-9(10)8-20(5)17/h6-7H,8H2,1-5H3,(H2,15,16). The minimum atomic E-state index is -0.968. The summed E-state index contributed by atoms with van der Waals surface area (Å²) < 4.78 is 23.5. The summed E-state index contributed by atoms with van der Waals surface area (Å²) in [7, 11) is -1.48. The van der Waals surface area contributed by atoms with E-state index in [4.69, 9.17) is 15.0 Å². The highest BCUT2D eigenvalue weighted by Gasteiger charge is 2.52. The average molecular weight is 296 g/mol. The normalized spacial score (nSPS) is 21.9. The molecule has 1 aromatic rings. The Morgan fingerprint density at radius 2 is 1.85 bits per heavy atom. The number of rotatable bonds is 3. The monoisotopic (exact) mass is 296 g/mol. The fourth-order valence-electron chi connectivity index (χ4n) is 2.05. The Balaban J connectivity index is 2.37. The predicted octanol–water partition coefficient (Wildman–Crippen LogP) is 0.841. The molecular formula is C13H21BN2O3S. The smallest absolute Gasteiger partial charge is 0.399 e. The summed E-state index contributed by atoms with van der Waals surface area (Å²) in [5.74, 6) is 0.817. The van der Waals surface area contributed by atoms with Crippen LogP contribution in [0.15, 0.2) is 12.3 Å². The van der Waals surface area contributed by atoms with Crippen LogP contribution < -0.4 is 11.2 Å². The maximum absolute atomic E-state index is 11.5. The lowest BCUT2D eigenvalue weighted by molar-refractivity contribution is 0.00578. The molecule has 110 valence electrons. The summed E-state index contributed by atoms with van der Waals surface area (Å²) in [5, 5.41) is 0. The molecule has 0 spiro atoms. The zero-order valence-corrected chi connectivity index (χ0v) is 13.4. The highest BCUT2D eigenvalue weighted by Crippen LogP contribution is 2.36. The van der Waals surface area contributed by atoms with Crippen LogP contribution in [0.5, 0.6) is 0 Å². The van der Waals surface area contributed by atoms with Crippen LogP contribution in [0.2, 0.25) is 0 Å². The van der Waals surface area contributed by atoms with Gasteiger partial charge < -0.3 is 15.0 Å². The second-order valence-electron chi connectivity index (χ2n) is 6.11. The number of aromatic nitrogens is 1. The van der Waals surface area contributed by atoms with Crippen LogP contribution >= 0.6 is 0 Å². The van der Waals surface area contributed by atoms with Crippen LogP contribution in [-0.2, 0) is 25.9 Å². The lowest BCUT2D eigenvalue weighted by atomic mass is 9.77. The van der Waals surface area contributed by atoms with Gasteiger partial charge in [-0.2, -0.15) is 0 Å². The predicted molar refractivity (Wildman–Crippen MR) is 82.1 cm³/mol. The molecule has 5 nitrogen and oxygen atoms in total. The molecule has 0 aromatic carbocycles. The first-order valence-corrected chi connectivity index (χ1v) is 8.25. The molecule has 2 N–H and O–H groups in total. The minimum Gasteiger partial charge on any atom is -0.399 e. The molecular weight excluding hydrogens is 275 g/mol. The van der Waals surface area contributed by atoms with Crippen molar-refractivity contribution in [3.8, 4) is 0 Å². The molecule has 0 bridgehead atoms. The number of pyridine rings is 1. The molecule has 1 atom stereocenters. The quantitative estimate of drug-likeness (QED) is 0.837. The summed E-state index contributed by atoms with van der Waals surface area (Å²) in [6, 6.07) is 1.74. The molecule has 1 aliphatic rings. The van der Waals surface area contributed by atoms with Gasteiger partial charge in [-0.1, -0.05) is 0 Å². The van der Waals surface area contributed by atoms with Gasteiger partial charge in [0.15, 0.2) is 0 Å². The molecule has 1 fully saturated rings. The van der Waals surface area contributed by atoms with E-state index in [0.717, 1.165) is 11.0 Å². The third kappa shape index (κ3) is 2.89. The van der Waals surface area contributed by atoms with E-state index in [9.17, 15) is 4.21 Å². The highest BCUT2D eigenvalue weighted by molar-refractivity contribution is 7.83. The molecule has 1 aromatic heterocycles. The van der Waals surface area contributed by atoms with Gasteiger partial charge in [0.2, 0.25) is 0 Å². The van der Waals surface area contributed by atoms with Crippen molar-refractivity contribution in [2.45, 2.75) is 44.6 Å². The molecule has 7 heteroatoms. The van der Waals surface area contributed by atoms with E-state index in [2.05, 4.69) is 4.98 Å². The summed E-state index contributed by atoms with van der Waals surface area (Å²) in [6.07, 6.45) is 3.31. The van der Waals surface area contributed by atoms with Crippen LogP contribution in [0.25, 0.3) is 0 Å². The number of nitrogen functional groups attached to an aromatic ring is 1. The van der Waals surface area contributed by atoms with Crippen molar-refractivity contribution >= 4 is 29.2 Å². The van der Waals surface area contributed by atoms with Crippen molar-refractivity contribution in [2.75, 3.05) is 12.0 Å². The van der Waals surface area contributed by atoms with E-state index in [1.165, 1.54) is 0 Å². The third-order valence-corrected chi connectivity index (χ3v) is 4.63. The van der Waals surface area contributed by atoms with Crippen LogP contribution in [0.1, 0.15) is 33.3 Å². The van der Waals surface area contributed by atoms with Crippen molar-refractivity contribution in [1.29, 1.82) is 0 Å². The number of nitrogens with zero attached hydrogens (tertiary/aromatic N) is 1. The van der Waals surface area contributed by atoms with Crippen LogP contribution in [-0.4, -0.2) is 33.8 Å². The molecule has 2 rings (SSSR count). The summed E-state index contributed by atoms with van der Waals surface area (Å²) in [4.78, 5) is 4.11.